The van der Waals surface area contributed by atoms with E-state index in [9.17, 15) is 4.79 Å². The molecule has 1 rings (SSSR count). The summed E-state index contributed by atoms with van der Waals surface area (Å²) >= 11 is 0. The molecule has 2 unspecified atom stereocenters. The van der Waals surface area contributed by atoms with Gasteiger partial charge in [0.15, 0.2) is 0 Å². The molecule has 1 amide bonds. The van der Waals surface area contributed by atoms with Crippen molar-refractivity contribution < 1.29 is 4.79 Å². The molecule has 1 fully saturated rings. The van der Waals surface area contributed by atoms with Crippen molar-refractivity contribution in [2.24, 2.45) is 17.6 Å². The molecule has 0 radical (unpaired) electrons. The lowest BCUT2D eigenvalue weighted by atomic mass is 9.79. The Bertz CT molecular complexity index is 243. The summed E-state index contributed by atoms with van der Waals surface area (Å²) in [6.07, 6.45) is 11.8. The first-order valence-corrected chi connectivity index (χ1v) is 8.24. The zero-order chi connectivity index (χ0) is 13.9. The third-order valence-corrected chi connectivity index (χ3v) is 4.44. The summed E-state index contributed by atoms with van der Waals surface area (Å²) in [5, 5.41) is 3.11. The van der Waals surface area contributed by atoms with E-state index in [1.807, 2.05) is 0 Å². The van der Waals surface area contributed by atoms with Crippen molar-refractivity contribution in [2.45, 2.75) is 71.1 Å². The molecule has 0 aromatic heterocycles. The minimum atomic E-state index is 0.234. The molecule has 0 bridgehead atoms. The zero-order valence-electron chi connectivity index (χ0n) is 12.6. The maximum Gasteiger partial charge on any atom is 0.220 e. The number of nitrogens with two attached hydrogens (primary N) is 1. The summed E-state index contributed by atoms with van der Waals surface area (Å²) in [5.41, 5.74) is 5.81. The van der Waals surface area contributed by atoms with Gasteiger partial charge in [-0.1, -0.05) is 45.4 Å². The van der Waals surface area contributed by atoms with Crippen LogP contribution in [0.2, 0.25) is 0 Å². The van der Waals surface area contributed by atoms with E-state index < -0.39 is 0 Å². The highest BCUT2D eigenvalue weighted by Gasteiger charge is 2.23. The van der Waals surface area contributed by atoms with E-state index >= 15 is 0 Å². The average molecular weight is 268 g/mol. The van der Waals surface area contributed by atoms with Crippen molar-refractivity contribution in [1.82, 2.24) is 5.32 Å². The summed E-state index contributed by atoms with van der Waals surface area (Å²) in [4.78, 5) is 11.8. The second kappa shape index (κ2) is 10.2. The summed E-state index contributed by atoms with van der Waals surface area (Å²) in [7, 11) is 0. The Kier molecular flexibility index (Phi) is 8.89. The minimum absolute atomic E-state index is 0.234. The Labute approximate surface area is 118 Å². The number of rotatable bonds is 9. The SMILES string of the molecule is CCCCCCCC(=O)NCC1CCCCC1CN. The second-order valence-corrected chi connectivity index (χ2v) is 6.01. The molecule has 3 N–H and O–H groups in total. The van der Waals surface area contributed by atoms with Crippen LogP contribution in [0.15, 0.2) is 0 Å². The molecule has 0 heterocycles. The van der Waals surface area contributed by atoms with E-state index in [1.54, 1.807) is 0 Å². The van der Waals surface area contributed by atoms with E-state index in [0.29, 0.717) is 18.3 Å². The number of hydrogen-bond acceptors (Lipinski definition) is 2. The van der Waals surface area contributed by atoms with Crippen LogP contribution in [0.4, 0.5) is 0 Å². The zero-order valence-corrected chi connectivity index (χ0v) is 12.6. The molecule has 2 atom stereocenters. The first-order valence-electron chi connectivity index (χ1n) is 8.24. The normalized spacial score (nSPS) is 23.3. The number of carbonyl (C=O) groups excluding carboxylic acids is 1. The van der Waals surface area contributed by atoms with Gasteiger partial charge in [-0.25, -0.2) is 0 Å². The first kappa shape index (κ1) is 16.5. The van der Waals surface area contributed by atoms with Crippen LogP contribution in [-0.2, 0) is 4.79 Å². The van der Waals surface area contributed by atoms with E-state index in [1.165, 1.54) is 51.4 Å². The summed E-state index contributed by atoms with van der Waals surface area (Å²) in [5.74, 6) is 1.47. The van der Waals surface area contributed by atoms with Gasteiger partial charge in [-0.05, 0) is 37.6 Å². The second-order valence-electron chi connectivity index (χ2n) is 6.01. The quantitative estimate of drug-likeness (QED) is 0.631. The Morgan fingerprint density at radius 1 is 1.11 bits per heavy atom. The van der Waals surface area contributed by atoms with Gasteiger partial charge in [0.1, 0.15) is 0 Å². The smallest absolute Gasteiger partial charge is 0.220 e. The maximum atomic E-state index is 11.8. The number of nitrogens with one attached hydrogen (secondary N) is 1. The van der Waals surface area contributed by atoms with Crippen molar-refractivity contribution in [3.05, 3.63) is 0 Å². The number of amides is 1. The van der Waals surface area contributed by atoms with Crippen LogP contribution in [0.1, 0.15) is 71.1 Å². The van der Waals surface area contributed by atoms with E-state index in [-0.39, 0.29) is 5.91 Å². The maximum absolute atomic E-state index is 11.8. The average Bonchev–Trinajstić information content (AvgIpc) is 2.45. The van der Waals surface area contributed by atoms with Crippen LogP contribution >= 0.6 is 0 Å². The Hall–Kier alpha value is -0.570. The van der Waals surface area contributed by atoms with Crippen molar-refractivity contribution in [2.75, 3.05) is 13.1 Å². The third kappa shape index (κ3) is 6.95. The van der Waals surface area contributed by atoms with E-state index in [4.69, 9.17) is 5.73 Å². The molecule has 0 aliphatic heterocycles. The van der Waals surface area contributed by atoms with Gasteiger partial charge in [0.05, 0.1) is 0 Å². The van der Waals surface area contributed by atoms with E-state index in [2.05, 4.69) is 12.2 Å². The summed E-state index contributed by atoms with van der Waals surface area (Å²) < 4.78 is 0. The van der Waals surface area contributed by atoms with Crippen LogP contribution in [0, 0.1) is 11.8 Å². The molecular weight excluding hydrogens is 236 g/mol. The summed E-state index contributed by atoms with van der Waals surface area (Å²) in [6.45, 7) is 3.83. The molecule has 112 valence electrons. The van der Waals surface area contributed by atoms with Crippen LogP contribution in [-0.4, -0.2) is 19.0 Å². The van der Waals surface area contributed by atoms with Gasteiger partial charge in [0.2, 0.25) is 5.91 Å². The van der Waals surface area contributed by atoms with Gasteiger partial charge in [0.25, 0.3) is 0 Å². The third-order valence-electron chi connectivity index (χ3n) is 4.44. The van der Waals surface area contributed by atoms with Gasteiger partial charge in [-0.15, -0.1) is 0 Å². The van der Waals surface area contributed by atoms with E-state index in [0.717, 1.165) is 19.5 Å². The molecule has 19 heavy (non-hydrogen) atoms. The van der Waals surface area contributed by atoms with Crippen LogP contribution in [0.5, 0.6) is 0 Å². The van der Waals surface area contributed by atoms with Crippen LogP contribution < -0.4 is 11.1 Å². The topological polar surface area (TPSA) is 55.1 Å². The molecule has 0 aromatic carbocycles. The first-order chi connectivity index (χ1) is 9.27. The highest BCUT2D eigenvalue weighted by Crippen LogP contribution is 2.28. The molecule has 1 aliphatic carbocycles. The van der Waals surface area contributed by atoms with Crippen LogP contribution in [0.3, 0.4) is 0 Å². The molecule has 1 aliphatic rings. The fourth-order valence-electron chi connectivity index (χ4n) is 3.09. The standard InChI is InChI=1S/C16H32N2O/c1-2-3-4-5-6-11-16(19)18-13-15-10-8-7-9-14(15)12-17/h14-15H,2-13,17H2,1H3,(H,18,19). The van der Waals surface area contributed by atoms with Crippen molar-refractivity contribution in [3.63, 3.8) is 0 Å². The fourth-order valence-corrected chi connectivity index (χ4v) is 3.09. The molecule has 3 nitrogen and oxygen atoms in total. The van der Waals surface area contributed by atoms with Gasteiger partial charge in [-0.2, -0.15) is 0 Å². The van der Waals surface area contributed by atoms with Gasteiger partial charge >= 0.3 is 0 Å². The lowest BCUT2D eigenvalue weighted by Crippen LogP contribution is -2.36. The highest BCUT2D eigenvalue weighted by molar-refractivity contribution is 5.75. The monoisotopic (exact) mass is 268 g/mol. The minimum Gasteiger partial charge on any atom is -0.356 e. The molecule has 0 saturated heterocycles. The highest BCUT2D eigenvalue weighted by atomic mass is 16.1. The van der Waals surface area contributed by atoms with Gasteiger partial charge < -0.3 is 11.1 Å². The molecule has 3 heteroatoms. The van der Waals surface area contributed by atoms with Gasteiger partial charge in [-0.3, -0.25) is 4.79 Å². The number of hydrogen-bond donors (Lipinski definition) is 2. The van der Waals surface area contributed by atoms with Crippen molar-refractivity contribution in [1.29, 1.82) is 0 Å². The lowest BCUT2D eigenvalue weighted by molar-refractivity contribution is -0.121. The Morgan fingerprint density at radius 2 is 1.79 bits per heavy atom. The number of carbonyl (C=O) groups is 1. The molecule has 0 spiro atoms. The fraction of sp³-hybridized carbons (Fsp3) is 0.938. The van der Waals surface area contributed by atoms with Crippen molar-refractivity contribution in [3.8, 4) is 0 Å². The van der Waals surface area contributed by atoms with Gasteiger partial charge in [0, 0.05) is 13.0 Å². The molecule has 0 aromatic rings. The Balaban J connectivity index is 2.08. The predicted octanol–water partition coefficient (Wildman–Crippen LogP) is 3.23. The molecule has 1 saturated carbocycles. The Morgan fingerprint density at radius 3 is 2.47 bits per heavy atom. The predicted molar refractivity (Wildman–Crippen MR) is 80.9 cm³/mol. The number of unbranched alkanes of at least 4 members (excludes halogenated alkanes) is 4. The summed E-state index contributed by atoms with van der Waals surface area (Å²) in [6, 6.07) is 0. The largest absolute Gasteiger partial charge is 0.356 e. The lowest BCUT2D eigenvalue weighted by Gasteiger charge is -2.30. The van der Waals surface area contributed by atoms with Crippen LogP contribution in [0.25, 0.3) is 0 Å². The van der Waals surface area contributed by atoms with Crippen molar-refractivity contribution >= 4 is 5.91 Å². The molecular formula is C16H32N2O.